The van der Waals surface area contributed by atoms with Crippen molar-refractivity contribution in [2.24, 2.45) is 0 Å². The van der Waals surface area contributed by atoms with Crippen molar-refractivity contribution in [2.45, 2.75) is 12.6 Å². The highest BCUT2D eigenvalue weighted by Gasteiger charge is 2.40. The van der Waals surface area contributed by atoms with Gasteiger partial charge in [-0.1, -0.05) is 34.8 Å². The normalized spacial score (nSPS) is 18.7. The van der Waals surface area contributed by atoms with Crippen molar-refractivity contribution >= 4 is 46.4 Å². The fourth-order valence-electron chi connectivity index (χ4n) is 1.87. The van der Waals surface area contributed by atoms with Gasteiger partial charge < -0.3 is 4.90 Å². The molecule has 1 amide bonds. The third kappa shape index (κ3) is 2.90. The van der Waals surface area contributed by atoms with Crippen molar-refractivity contribution in [1.82, 2.24) is 0 Å². The Morgan fingerprint density at radius 3 is 2.40 bits per heavy atom. The monoisotopic (exact) mass is 343 g/mol. The number of rotatable bonds is 1. The minimum atomic E-state index is -4.72. The van der Waals surface area contributed by atoms with Crippen LogP contribution in [0.4, 0.5) is 18.9 Å². The van der Waals surface area contributed by atoms with E-state index in [4.69, 9.17) is 34.8 Å². The number of amides is 1. The molecule has 1 heterocycles. The summed E-state index contributed by atoms with van der Waals surface area (Å²) in [5.74, 6) is -0.772. The lowest BCUT2D eigenvalue weighted by atomic mass is 10.2. The first-order chi connectivity index (χ1) is 9.21. The summed E-state index contributed by atoms with van der Waals surface area (Å²) >= 11 is 16.8. The van der Waals surface area contributed by atoms with Gasteiger partial charge in [0.25, 0.3) is 5.91 Å². The zero-order chi connectivity index (χ0) is 15.1. The summed E-state index contributed by atoms with van der Waals surface area (Å²) in [7, 11) is 0. The molecule has 2 rings (SSSR count). The molecule has 1 aromatic carbocycles. The van der Waals surface area contributed by atoms with Crippen LogP contribution in [0.2, 0.25) is 10.0 Å². The Labute approximate surface area is 127 Å². The molecule has 1 aliphatic rings. The van der Waals surface area contributed by atoms with Gasteiger partial charge in [0, 0.05) is 17.8 Å². The number of allylic oxidation sites excluding steroid dienone is 1. The second-order valence-corrected chi connectivity index (χ2v) is 5.29. The van der Waals surface area contributed by atoms with Gasteiger partial charge in [-0.3, -0.25) is 4.79 Å². The second kappa shape index (κ2) is 5.47. The Hall–Kier alpha value is -0.910. The van der Waals surface area contributed by atoms with Crippen molar-refractivity contribution in [3.05, 3.63) is 38.8 Å². The third-order valence-corrected chi connectivity index (χ3v) is 4.00. The molecular weight excluding hydrogens is 337 g/mol. The molecular formula is C12H7Cl3F3NO. The standard InChI is InChI=1S/C12H7Cl3F3NO/c13-8-2-1-6(5-9(8)14)19-4-3-7(11(19)20)10(15)12(16,17)18/h1-2,5H,3-4H2. The first kappa shape index (κ1) is 15.5. The van der Waals surface area contributed by atoms with Gasteiger partial charge in [0.2, 0.25) is 0 Å². The van der Waals surface area contributed by atoms with Gasteiger partial charge in [-0.05, 0) is 24.6 Å². The minimum Gasteiger partial charge on any atom is -0.308 e. The summed E-state index contributed by atoms with van der Waals surface area (Å²) in [6.45, 7) is 0.110. The van der Waals surface area contributed by atoms with Crippen LogP contribution in [0, 0.1) is 0 Å². The molecule has 0 spiro atoms. The van der Waals surface area contributed by atoms with Crippen LogP contribution in [0.25, 0.3) is 0 Å². The van der Waals surface area contributed by atoms with Gasteiger partial charge in [-0.2, -0.15) is 13.2 Å². The summed E-state index contributed by atoms with van der Waals surface area (Å²) in [6, 6.07) is 4.41. The molecule has 0 unspecified atom stereocenters. The lowest BCUT2D eigenvalue weighted by Crippen LogP contribution is -2.25. The van der Waals surface area contributed by atoms with Crippen molar-refractivity contribution in [1.29, 1.82) is 0 Å². The van der Waals surface area contributed by atoms with Crippen molar-refractivity contribution in [3.8, 4) is 0 Å². The topological polar surface area (TPSA) is 20.3 Å². The molecule has 1 fully saturated rings. The lowest BCUT2D eigenvalue weighted by molar-refractivity contribution is -0.115. The number of nitrogens with zero attached hydrogens (tertiary/aromatic N) is 1. The number of hydrogen-bond acceptors (Lipinski definition) is 1. The highest BCUT2D eigenvalue weighted by molar-refractivity contribution is 6.42. The van der Waals surface area contributed by atoms with Crippen LogP contribution >= 0.6 is 34.8 Å². The van der Waals surface area contributed by atoms with Crippen LogP contribution in [0.15, 0.2) is 28.8 Å². The largest absolute Gasteiger partial charge is 0.427 e. The Bertz CT molecular complexity index is 598. The van der Waals surface area contributed by atoms with Gasteiger partial charge in [-0.15, -0.1) is 0 Å². The minimum absolute atomic E-state index is 0.0720. The average molecular weight is 345 g/mol. The number of alkyl halides is 3. The molecule has 20 heavy (non-hydrogen) atoms. The van der Waals surface area contributed by atoms with Gasteiger partial charge in [0.1, 0.15) is 5.03 Å². The van der Waals surface area contributed by atoms with E-state index >= 15 is 0 Å². The molecule has 0 radical (unpaired) electrons. The van der Waals surface area contributed by atoms with E-state index in [1.165, 1.54) is 23.1 Å². The maximum Gasteiger partial charge on any atom is 0.427 e. The van der Waals surface area contributed by atoms with E-state index in [0.717, 1.165) is 0 Å². The number of anilines is 1. The molecule has 2 nitrogen and oxygen atoms in total. The van der Waals surface area contributed by atoms with E-state index in [1.54, 1.807) is 0 Å². The van der Waals surface area contributed by atoms with Gasteiger partial charge >= 0.3 is 6.18 Å². The molecule has 0 aromatic heterocycles. The van der Waals surface area contributed by atoms with E-state index < -0.39 is 22.7 Å². The summed E-state index contributed by atoms with van der Waals surface area (Å²) in [5.41, 5.74) is -0.0590. The van der Waals surface area contributed by atoms with Crippen LogP contribution < -0.4 is 4.90 Å². The van der Waals surface area contributed by atoms with E-state index in [-0.39, 0.29) is 18.0 Å². The Morgan fingerprint density at radius 2 is 1.85 bits per heavy atom. The molecule has 1 aliphatic heterocycles. The Balaban J connectivity index is 2.35. The number of carbonyl (C=O) groups excluding carboxylic acids is 1. The van der Waals surface area contributed by atoms with E-state index in [1.807, 2.05) is 0 Å². The van der Waals surface area contributed by atoms with Crippen LogP contribution in [0.1, 0.15) is 6.42 Å². The Morgan fingerprint density at radius 1 is 1.20 bits per heavy atom. The Kier molecular flexibility index (Phi) is 4.23. The maximum absolute atomic E-state index is 12.5. The molecule has 0 saturated carbocycles. The predicted molar refractivity (Wildman–Crippen MR) is 72.4 cm³/mol. The van der Waals surface area contributed by atoms with E-state index in [0.29, 0.717) is 10.7 Å². The molecule has 1 aromatic rings. The van der Waals surface area contributed by atoms with Crippen molar-refractivity contribution in [3.63, 3.8) is 0 Å². The van der Waals surface area contributed by atoms with E-state index in [9.17, 15) is 18.0 Å². The van der Waals surface area contributed by atoms with Crippen LogP contribution in [0.5, 0.6) is 0 Å². The lowest BCUT2D eigenvalue weighted by Gasteiger charge is -2.16. The van der Waals surface area contributed by atoms with Crippen LogP contribution in [0.3, 0.4) is 0 Å². The van der Waals surface area contributed by atoms with Gasteiger partial charge in [0.05, 0.1) is 10.0 Å². The van der Waals surface area contributed by atoms with Gasteiger partial charge in [0.15, 0.2) is 0 Å². The molecule has 0 bridgehead atoms. The van der Waals surface area contributed by atoms with E-state index in [2.05, 4.69) is 0 Å². The average Bonchev–Trinajstić information content (AvgIpc) is 2.72. The predicted octanol–water partition coefficient (Wildman–Crippen LogP) is 4.79. The molecule has 108 valence electrons. The summed E-state index contributed by atoms with van der Waals surface area (Å²) in [6.07, 6.45) is -4.79. The number of benzene rings is 1. The zero-order valence-corrected chi connectivity index (χ0v) is 12.0. The molecule has 1 saturated heterocycles. The van der Waals surface area contributed by atoms with Crippen LogP contribution in [-0.4, -0.2) is 18.6 Å². The first-order valence-electron chi connectivity index (χ1n) is 5.44. The second-order valence-electron chi connectivity index (χ2n) is 4.10. The third-order valence-electron chi connectivity index (χ3n) is 2.82. The molecule has 0 N–H and O–H groups in total. The maximum atomic E-state index is 12.5. The number of hydrogen-bond donors (Lipinski definition) is 0. The fraction of sp³-hybridized carbons (Fsp3) is 0.250. The summed E-state index contributed by atoms with van der Waals surface area (Å²) in [5, 5.41) is -0.854. The number of halogens is 6. The SMILES string of the molecule is O=C1C(=C(Cl)C(F)(F)F)CCN1c1ccc(Cl)c(Cl)c1. The van der Waals surface area contributed by atoms with Crippen molar-refractivity contribution in [2.75, 3.05) is 11.4 Å². The van der Waals surface area contributed by atoms with Gasteiger partial charge in [-0.25, -0.2) is 0 Å². The molecule has 0 atom stereocenters. The summed E-state index contributed by atoms with van der Waals surface area (Å²) < 4.78 is 37.6. The fourth-order valence-corrected chi connectivity index (χ4v) is 2.34. The molecule has 0 aliphatic carbocycles. The zero-order valence-electron chi connectivity index (χ0n) is 9.77. The highest BCUT2D eigenvalue weighted by atomic mass is 35.5. The van der Waals surface area contributed by atoms with Crippen LogP contribution in [-0.2, 0) is 4.79 Å². The van der Waals surface area contributed by atoms with Crippen molar-refractivity contribution < 1.29 is 18.0 Å². The summed E-state index contributed by atoms with van der Waals surface area (Å²) in [4.78, 5) is 13.2. The highest BCUT2D eigenvalue weighted by Crippen LogP contribution is 2.37. The number of carbonyl (C=O) groups is 1. The first-order valence-corrected chi connectivity index (χ1v) is 6.58. The smallest absolute Gasteiger partial charge is 0.308 e. The molecule has 8 heteroatoms. The quantitative estimate of drug-likeness (QED) is 0.671.